The molecule has 1 aliphatic carbocycles. The second-order valence-electron chi connectivity index (χ2n) is 7.87. The molecule has 1 saturated carbocycles. The number of aliphatic carboxylic acids is 1. The predicted molar refractivity (Wildman–Crippen MR) is 102 cm³/mol. The van der Waals surface area contributed by atoms with Crippen molar-refractivity contribution in [2.75, 3.05) is 19.6 Å². The minimum absolute atomic E-state index is 0.0378. The van der Waals surface area contributed by atoms with Gasteiger partial charge in [-0.05, 0) is 69.2 Å². The minimum Gasteiger partial charge on any atom is -0.481 e. The molecule has 1 saturated heterocycles. The van der Waals surface area contributed by atoms with E-state index in [0.29, 0.717) is 16.5 Å². The van der Waals surface area contributed by atoms with Gasteiger partial charge in [0.15, 0.2) is 5.78 Å². The number of carboxylic acid groups (broad SMARTS) is 1. The molecular formula is C21H28N2O4. The lowest BCUT2D eigenvalue weighted by molar-refractivity contribution is -0.136. The number of piperidine rings is 1. The second kappa shape index (κ2) is 8.65. The molecule has 0 aromatic heterocycles. The van der Waals surface area contributed by atoms with Crippen molar-refractivity contribution in [1.82, 2.24) is 10.6 Å². The van der Waals surface area contributed by atoms with Gasteiger partial charge in [-0.2, -0.15) is 0 Å². The Kier molecular flexibility index (Phi) is 6.26. The molecule has 1 aromatic carbocycles. The van der Waals surface area contributed by atoms with Crippen molar-refractivity contribution in [3.8, 4) is 0 Å². The zero-order valence-corrected chi connectivity index (χ0v) is 15.6. The van der Waals surface area contributed by atoms with Gasteiger partial charge in [0.05, 0.1) is 6.42 Å². The third kappa shape index (κ3) is 4.95. The maximum Gasteiger partial charge on any atom is 0.305 e. The predicted octanol–water partition coefficient (Wildman–Crippen LogP) is 2.63. The minimum atomic E-state index is -0.956. The highest BCUT2D eigenvalue weighted by Gasteiger charge is 2.38. The monoisotopic (exact) mass is 372 g/mol. The van der Waals surface area contributed by atoms with E-state index in [-0.39, 0.29) is 30.6 Å². The molecule has 6 heteroatoms. The molecular weight excluding hydrogens is 344 g/mol. The fourth-order valence-corrected chi connectivity index (χ4v) is 4.38. The molecule has 0 atom stereocenters. The number of ketones is 1. The Bertz CT molecular complexity index is 700. The average molecular weight is 372 g/mol. The lowest BCUT2D eigenvalue weighted by Crippen LogP contribution is -2.40. The Morgan fingerprint density at radius 1 is 1.07 bits per heavy atom. The summed E-state index contributed by atoms with van der Waals surface area (Å²) in [6.45, 7) is 2.24. The number of carboxylic acids is 1. The molecule has 1 aromatic rings. The topological polar surface area (TPSA) is 95.5 Å². The number of amides is 1. The van der Waals surface area contributed by atoms with E-state index in [9.17, 15) is 14.4 Å². The number of carbonyl (C=O) groups is 3. The highest BCUT2D eigenvalue weighted by molar-refractivity contribution is 6.01. The molecule has 1 spiro atoms. The maximum absolute atomic E-state index is 12.9. The van der Waals surface area contributed by atoms with Crippen LogP contribution >= 0.6 is 0 Å². The van der Waals surface area contributed by atoms with Gasteiger partial charge in [-0.25, -0.2) is 0 Å². The zero-order valence-electron chi connectivity index (χ0n) is 15.6. The Labute approximate surface area is 159 Å². The van der Waals surface area contributed by atoms with E-state index < -0.39 is 5.97 Å². The van der Waals surface area contributed by atoms with Crippen LogP contribution in [-0.4, -0.2) is 42.4 Å². The van der Waals surface area contributed by atoms with E-state index in [1.807, 2.05) is 0 Å². The molecule has 0 radical (unpaired) electrons. The van der Waals surface area contributed by atoms with Gasteiger partial charge in [-0.1, -0.05) is 12.1 Å². The summed E-state index contributed by atoms with van der Waals surface area (Å²) in [6, 6.07) is 6.77. The van der Waals surface area contributed by atoms with Crippen molar-refractivity contribution in [2.24, 2.45) is 11.3 Å². The summed E-state index contributed by atoms with van der Waals surface area (Å²) >= 11 is 0. The first kappa shape index (κ1) is 19.5. The summed E-state index contributed by atoms with van der Waals surface area (Å²) in [7, 11) is 0. The standard InChI is InChI=1S/C21H28N2O4/c24-18(25)6-11-23-20(27)17-3-1-2-16(14-17)19(26)15-4-7-21(8-5-15)9-12-22-13-10-21/h1-3,14-15,22H,4-13H2,(H,23,27)(H,24,25). The van der Waals surface area contributed by atoms with Crippen LogP contribution in [-0.2, 0) is 4.79 Å². The molecule has 2 aliphatic rings. The quantitative estimate of drug-likeness (QED) is 0.667. The zero-order chi connectivity index (χ0) is 19.3. The van der Waals surface area contributed by atoms with Crippen molar-refractivity contribution in [2.45, 2.75) is 44.9 Å². The van der Waals surface area contributed by atoms with Gasteiger partial charge in [-0.15, -0.1) is 0 Å². The number of carbonyl (C=O) groups excluding carboxylic acids is 2. The van der Waals surface area contributed by atoms with E-state index >= 15 is 0 Å². The largest absolute Gasteiger partial charge is 0.481 e. The van der Waals surface area contributed by atoms with Gasteiger partial charge in [0, 0.05) is 23.6 Å². The van der Waals surface area contributed by atoms with Crippen LogP contribution in [0.15, 0.2) is 24.3 Å². The third-order valence-electron chi connectivity index (χ3n) is 6.11. The second-order valence-corrected chi connectivity index (χ2v) is 7.87. The van der Waals surface area contributed by atoms with Crippen LogP contribution in [0.4, 0.5) is 0 Å². The summed E-state index contributed by atoms with van der Waals surface area (Å²) < 4.78 is 0. The van der Waals surface area contributed by atoms with Gasteiger partial charge in [0.2, 0.25) is 0 Å². The van der Waals surface area contributed by atoms with Gasteiger partial charge in [0.25, 0.3) is 5.91 Å². The molecule has 6 nitrogen and oxygen atoms in total. The van der Waals surface area contributed by atoms with E-state index in [2.05, 4.69) is 10.6 Å². The SMILES string of the molecule is O=C(O)CCNC(=O)c1cccc(C(=O)C2CCC3(CCNCC3)CC2)c1. The van der Waals surface area contributed by atoms with Crippen molar-refractivity contribution in [3.63, 3.8) is 0 Å². The summed E-state index contributed by atoms with van der Waals surface area (Å²) in [4.78, 5) is 35.6. The lowest BCUT2D eigenvalue weighted by atomic mass is 9.65. The van der Waals surface area contributed by atoms with Gasteiger partial charge < -0.3 is 15.7 Å². The maximum atomic E-state index is 12.9. The highest BCUT2D eigenvalue weighted by atomic mass is 16.4. The first-order chi connectivity index (χ1) is 13.0. The summed E-state index contributed by atoms with van der Waals surface area (Å²) in [5.74, 6) is -1.14. The van der Waals surface area contributed by atoms with E-state index in [1.54, 1.807) is 24.3 Å². The lowest BCUT2D eigenvalue weighted by Gasteiger charge is -2.42. The summed E-state index contributed by atoms with van der Waals surface area (Å²) in [5, 5.41) is 14.6. The van der Waals surface area contributed by atoms with Gasteiger partial charge in [-0.3, -0.25) is 14.4 Å². The Morgan fingerprint density at radius 3 is 2.41 bits per heavy atom. The molecule has 146 valence electrons. The first-order valence-electron chi connectivity index (χ1n) is 9.84. The Hall–Kier alpha value is -2.21. The highest BCUT2D eigenvalue weighted by Crippen LogP contribution is 2.45. The van der Waals surface area contributed by atoms with Crippen LogP contribution < -0.4 is 10.6 Å². The number of rotatable bonds is 6. The van der Waals surface area contributed by atoms with Crippen LogP contribution in [0.1, 0.15) is 65.7 Å². The molecule has 27 heavy (non-hydrogen) atoms. The van der Waals surface area contributed by atoms with Crippen molar-refractivity contribution < 1.29 is 19.5 Å². The van der Waals surface area contributed by atoms with Crippen molar-refractivity contribution in [1.29, 1.82) is 0 Å². The Morgan fingerprint density at radius 2 is 1.74 bits per heavy atom. The number of nitrogens with one attached hydrogen (secondary N) is 2. The van der Waals surface area contributed by atoms with Crippen LogP contribution in [0.5, 0.6) is 0 Å². The number of Topliss-reactive ketones (excluding diaryl/α,β-unsaturated/α-hetero) is 1. The van der Waals surface area contributed by atoms with Gasteiger partial charge >= 0.3 is 5.97 Å². The normalized spacial score (nSPS) is 19.6. The van der Waals surface area contributed by atoms with E-state index in [0.717, 1.165) is 38.8 Å². The number of benzene rings is 1. The molecule has 3 N–H and O–H groups in total. The fourth-order valence-electron chi connectivity index (χ4n) is 4.38. The van der Waals surface area contributed by atoms with Crippen LogP contribution in [0.2, 0.25) is 0 Å². The van der Waals surface area contributed by atoms with E-state index in [4.69, 9.17) is 5.11 Å². The molecule has 0 unspecified atom stereocenters. The summed E-state index contributed by atoms with van der Waals surface area (Å²) in [5.41, 5.74) is 1.40. The van der Waals surface area contributed by atoms with Gasteiger partial charge in [0.1, 0.15) is 0 Å². The van der Waals surface area contributed by atoms with E-state index in [1.165, 1.54) is 12.8 Å². The van der Waals surface area contributed by atoms with Crippen LogP contribution in [0.25, 0.3) is 0 Å². The molecule has 3 rings (SSSR count). The summed E-state index contributed by atoms with van der Waals surface area (Å²) in [6.07, 6.45) is 6.37. The van der Waals surface area contributed by atoms with Crippen molar-refractivity contribution >= 4 is 17.7 Å². The Balaban J connectivity index is 1.59. The van der Waals surface area contributed by atoms with Crippen LogP contribution in [0.3, 0.4) is 0 Å². The van der Waals surface area contributed by atoms with Crippen LogP contribution in [0, 0.1) is 11.3 Å². The third-order valence-corrected chi connectivity index (χ3v) is 6.11. The molecule has 1 aliphatic heterocycles. The molecule has 1 heterocycles. The number of hydrogen-bond acceptors (Lipinski definition) is 4. The van der Waals surface area contributed by atoms with Crippen molar-refractivity contribution in [3.05, 3.63) is 35.4 Å². The molecule has 2 fully saturated rings. The smallest absolute Gasteiger partial charge is 0.305 e. The molecule has 1 amide bonds. The first-order valence-corrected chi connectivity index (χ1v) is 9.84. The average Bonchev–Trinajstić information content (AvgIpc) is 2.68. The number of hydrogen-bond donors (Lipinski definition) is 3. The molecule has 0 bridgehead atoms. The fraction of sp³-hybridized carbons (Fsp3) is 0.571.